The Kier molecular flexibility index (Phi) is 3.02. The largest absolute Gasteiger partial charge is 0.504 e. The number of nitrogens with zero attached hydrogens (tertiary/aromatic N) is 1. The Balaban J connectivity index is 2.14. The Morgan fingerprint density at radius 1 is 1.42 bits per heavy atom. The van der Waals surface area contributed by atoms with Crippen LogP contribution in [0.5, 0.6) is 11.5 Å². The maximum atomic E-state index is 10.5. The van der Waals surface area contributed by atoms with Crippen molar-refractivity contribution in [1.82, 2.24) is 4.90 Å². The highest BCUT2D eigenvalue weighted by molar-refractivity contribution is 5.53. The minimum Gasteiger partial charge on any atom is -0.504 e. The monoisotopic (exact) mass is 259 g/mol. The lowest BCUT2D eigenvalue weighted by molar-refractivity contribution is 0.245. The summed E-state index contributed by atoms with van der Waals surface area (Å²) in [6, 6.07) is 6.31. The van der Waals surface area contributed by atoms with Crippen LogP contribution >= 0.6 is 0 Å². The number of para-hydroxylation sites is 1. The predicted octanol–water partition coefficient (Wildman–Crippen LogP) is 2.69. The SMILES string of the molecule is COc1cccc([C@]23C=CCC[C@H]2N(C)CC3)c1O. The van der Waals surface area contributed by atoms with Gasteiger partial charge < -0.3 is 14.7 Å². The lowest BCUT2D eigenvalue weighted by Gasteiger charge is -2.38. The highest BCUT2D eigenvalue weighted by atomic mass is 16.5. The van der Waals surface area contributed by atoms with E-state index >= 15 is 0 Å². The molecule has 3 rings (SSSR count). The van der Waals surface area contributed by atoms with Gasteiger partial charge in [0.25, 0.3) is 0 Å². The summed E-state index contributed by atoms with van der Waals surface area (Å²) in [5, 5.41) is 10.5. The van der Waals surface area contributed by atoms with Crippen molar-refractivity contribution in [3.05, 3.63) is 35.9 Å². The molecule has 1 aromatic rings. The zero-order chi connectivity index (χ0) is 13.5. The number of phenolic OH excluding ortho intramolecular Hbond substituents is 1. The number of fused-ring (bicyclic) bond motifs is 1. The molecule has 19 heavy (non-hydrogen) atoms. The Morgan fingerprint density at radius 3 is 3.05 bits per heavy atom. The molecule has 0 bridgehead atoms. The summed E-state index contributed by atoms with van der Waals surface area (Å²) in [5.74, 6) is 0.871. The maximum Gasteiger partial charge on any atom is 0.161 e. The van der Waals surface area contributed by atoms with Gasteiger partial charge in [-0.1, -0.05) is 24.3 Å². The Hall–Kier alpha value is -1.48. The Labute approximate surface area is 114 Å². The van der Waals surface area contributed by atoms with Crippen molar-refractivity contribution < 1.29 is 9.84 Å². The van der Waals surface area contributed by atoms with Crippen LogP contribution in [0.25, 0.3) is 0 Å². The minimum atomic E-state index is -0.0500. The van der Waals surface area contributed by atoms with E-state index in [9.17, 15) is 5.11 Å². The summed E-state index contributed by atoms with van der Waals surface area (Å²) in [6.45, 7) is 1.08. The number of benzene rings is 1. The van der Waals surface area contributed by atoms with E-state index in [0.29, 0.717) is 17.5 Å². The van der Waals surface area contributed by atoms with Crippen molar-refractivity contribution in [2.45, 2.75) is 30.7 Å². The average Bonchev–Trinajstić information content (AvgIpc) is 2.78. The van der Waals surface area contributed by atoms with Crippen molar-refractivity contribution in [3.8, 4) is 11.5 Å². The number of rotatable bonds is 2. The first kappa shape index (κ1) is 12.5. The van der Waals surface area contributed by atoms with Gasteiger partial charge in [0.1, 0.15) is 0 Å². The van der Waals surface area contributed by atoms with E-state index < -0.39 is 0 Å². The Morgan fingerprint density at radius 2 is 2.26 bits per heavy atom. The van der Waals surface area contributed by atoms with Crippen LogP contribution in [0.2, 0.25) is 0 Å². The lowest BCUT2D eigenvalue weighted by Crippen LogP contribution is -2.41. The average molecular weight is 259 g/mol. The third-order valence-corrected chi connectivity index (χ3v) is 4.75. The summed E-state index contributed by atoms with van der Waals surface area (Å²) < 4.78 is 5.26. The van der Waals surface area contributed by atoms with Gasteiger partial charge in [0.15, 0.2) is 11.5 Å². The third-order valence-electron chi connectivity index (χ3n) is 4.75. The van der Waals surface area contributed by atoms with Crippen molar-refractivity contribution in [3.63, 3.8) is 0 Å². The molecule has 3 nitrogen and oxygen atoms in total. The van der Waals surface area contributed by atoms with Crippen LogP contribution in [-0.2, 0) is 5.41 Å². The number of aromatic hydroxyl groups is 1. The van der Waals surface area contributed by atoms with E-state index in [1.54, 1.807) is 7.11 Å². The number of methoxy groups -OCH3 is 1. The molecule has 1 heterocycles. The van der Waals surface area contributed by atoms with Crippen LogP contribution in [0.3, 0.4) is 0 Å². The van der Waals surface area contributed by atoms with Crippen molar-refractivity contribution >= 4 is 0 Å². The van der Waals surface area contributed by atoms with E-state index in [2.05, 4.69) is 24.1 Å². The molecule has 0 saturated carbocycles. The fourth-order valence-electron chi connectivity index (χ4n) is 3.76. The van der Waals surface area contributed by atoms with Crippen molar-refractivity contribution in [1.29, 1.82) is 0 Å². The van der Waals surface area contributed by atoms with Gasteiger partial charge in [-0.05, 0) is 38.9 Å². The van der Waals surface area contributed by atoms with Gasteiger partial charge in [-0.2, -0.15) is 0 Å². The van der Waals surface area contributed by atoms with Gasteiger partial charge in [-0.25, -0.2) is 0 Å². The number of likely N-dealkylation sites (N-methyl/N-ethyl adjacent to an activating group) is 1. The summed E-state index contributed by atoms with van der Waals surface area (Å²) in [5.41, 5.74) is 0.961. The first-order valence-electron chi connectivity index (χ1n) is 6.93. The predicted molar refractivity (Wildman–Crippen MR) is 75.7 cm³/mol. The molecular weight excluding hydrogens is 238 g/mol. The molecule has 0 amide bonds. The van der Waals surface area contributed by atoms with Gasteiger partial charge >= 0.3 is 0 Å². The van der Waals surface area contributed by atoms with Crippen LogP contribution < -0.4 is 4.74 Å². The molecule has 1 aliphatic heterocycles. The number of hydrogen-bond donors (Lipinski definition) is 1. The van der Waals surface area contributed by atoms with Gasteiger partial charge in [0, 0.05) is 17.0 Å². The smallest absolute Gasteiger partial charge is 0.161 e. The normalized spacial score (nSPS) is 30.3. The van der Waals surface area contributed by atoms with Crippen LogP contribution in [0, 0.1) is 0 Å². The maximum absolute atomic E-state index is 10.5. The second-order valence-electron chi connectivity index (χ2n) is 5.62. The summed E-state index contributed by atoms with van der Waals surface area (Å²) in [6.07, 6.45) is 7.91. The molecular formula is C16H21NO2. The minimum absolute atomic E-state index is 0.0500. The molecule has 2 atom stereocenters. The van der Waals surface area contributed by atoms with Crippen LogP contribution in [0.4, 0.5) is 0 Å². The zero-order valence-corrected chi connectivity index (χ0v) is 11.6. The van der Waals surface area contributed by atoms with Crippen LogP contribution in [0.15, 0.2) is 30.4 Å². The van der Waals surface area contributed by atoms with E-state index in [1.807, 2.05) is 18.2 Å². The highest BCUT2D eigenvalue weighted by Gasteiger charge is 2.47. The molecule has 1 fully saturated rings. The van der Waals surface area contributed by atoms with E-state index in [1.165, 1.54) is 0 Å². The highest BCUT2D eigenvalue weighted by Crippen LogP contribution is 2.49. The van der Waals surface area contributed by atoms with Gasteiger partial charge in [0.05, 0.1) is 7.11 Å². The van der Waals surface area contributed by atoms with Crippen molar-refractivity contribution in [2.24, 2.45) is 0 Å². The van der Waals surface area contributed by atoms with Crippen molar-refractivity contribution in [2.75, 3.05) is 20.7 Å². The number of hydrogen-bond acceptors (Lipinski definition) is 3. The molecule has 1 aliphatic carbocycles. The Bertz CT molecular complexity index is 511. The molecule has 3 heteroatoms. The number of ether oxygens (including phenoxy) is 1. The van der Waals surface area contributed by atoms with E-state index in [4.69, 9.17) is 4.74 Å². The van der Waals surface area contributed by atoms with E-state index in [-0.39, 0.29) is 5.41 Å². The molecule has 0 spiro atoms. The molecule has 0 aromatic heterocycles. The first-order chi connectivity index (χ1) is 9.19. The molecule has 1 N–H and O–H groups in total. The zero-order valence-electron chi connectivity index (χ0n) is 11.6. The fourth-order valence-corrected chi connectivity index (χ4v) is 3.76. The topological polar surface area (TPSA) is 32.7 Å². The van der Waals surface area contributed by atoms with Crippen LogP contribution in [-0.4, -0.2) is 36.8 Å². The molecule has 2 aliphatic rings. The van der Waals surface area contributed by atoms with Gasteiger partial charge in [-0.15, -0.1) is 0 Å². The third kappa shape index (κ3) is 1.76. The standard InChI is InChI=1S/C16H21NO2/c1-17-11-10-16(9-4-3-8-14(16)17)12-6-5-7-13(19-2)15(12)18/h4-7,9,14,18H,3,8,10-11H2,1-2H3/t14-,16-/m1/s1. The summed E-state index contributed by atoms with van der Waals surface area (Å²) in [7, 11) is 3.79. The van der Waals surface area contributed by atoms with Crippen LogP contribution in [0.1, 0.15) is 24.8 Å². The molecule has 1 saturated heterocycles. The van der Waals surface area contributed by atoms with E-state index in [0.717, 1.165) is 31.4 Å². The summed E-state index contributed by atoms with van der Waals surface area (Å²) >= 11 is 0. The number of likely N-dealkylation sites (tertiary alicyclic amines) is 1. The molecule has 0 radical (unpaired) electrons. The van der Waals surface area contributed by atoms with Gasteiger partial charge in [0.2, 0.25) is 0 Å². The second-order valence-corrected chi connectivity index (χ2v) is 5.62. The summed E-state index contributed by atoms with van der Waals surface area (Å²) in [4.78, 5) is 2.42. The fraction of sp³-hybridized carbons (Fsp3) is 0.500. The first-order valence-corrected chi connectivity index (χ1v) is 6.93. The lowest BCUT2D eigenvalue weighted by atomic mass is 9.69. The number of allylic oxidation sites excluding steroid dienone is 1. The molecule has 0 unspecified atom stereocenters. The quantitative estimate of drug-likeness (QED) is 0.829. The molecule has 102 valence electrons. The molecule has 1 aromatic carbocycles. The van der Waals surface area contributed by atoms with Gasteiger partial charge in [-0.3, -0.25) is 0 Å². The second kappa shape index (κ2) is 4.57. The number of phenols is 1.